The first kappa shape index (κ1) is 97.6. The second kappa shape index (κ2) is 48.4. The lowest BCUT2D eigenvalue weighted by Crippen LogP contribution is -2.55. The van der Waals surface area contributed by atoms with Gasteiger partial charge in [0.2, 0.25) is 41.4 Å². The minimum Gasteiger partial charge on any atom is -0.445 e. The Hall–Kier alpha value is -9.96. The molecule has 0 radical (unpaired) electrons. The molecule has 3 fully saturated rings. The van der Waals surface area contributed by atoms with Crippen LogP contribution in [0, 0.1) is 11.7 Å². The monoisotopic (exact) mass is 1840 g/mol. The zero-order chi connectivity index (χ0) is 90.5. The zero-order valence-electron chi connectivity index (χ0n) is 70.4. The maximum atomic E-state index is 16.8. The Morgan fingerprint density at radius 3 is 2.09 bits per heavy atom. The van der Waals surface area contributed by atoms with Gasteiger partial charge in [0.05, 0.1) is 137 Å². The SMILES string of the molecule is COCCOCCOCCOCCOCCOCCOCCNC(=O)[C@H](CC(=O)N[C@H](C(=O)N[C@@H](C)C(=O)Nc1ccc(COC(=O)N(C)CCCC(=O)Nc2ncnc3c2ncn3[C@@H]2O[C@@H]3CCO[P@@](=O)(S)O[C@@H]4[C@H](O)[C@@H](CO[PH](=O)O[C@H]3[C@H]2F)O[C@H]4n2cc(F)c3c(=O)[nH]cnc32)cc1)C(C)C)NC(=O)CCC(=O)N1Cc2ccccc2/C=C\c2ccccc21. The van der Waals surface area contributed by atoms with E-state index in [2.05, 4.69) is 69.1 Å². The standard InChI is InChI=1S/C81H105F2N15O26P2S/c1-49(2)67(93-63(101)41-57(76(105)84-25-28-112-31-32-114-35-36-116-39-40-117-38-37-115-34-33-113-30-29-111-5)92-62(100)22-23-64(102)96-42-54-13-7-6-11-52(54)18-19-53-12-8-9-14-58(53)96)78(107)90-50(3)75(104)91-55-20-16-51(17-21-55)44-118-81(108)95(4)26-10-15-61(99)94-72-68-74(87-46-85-72)98(48-89-68)79-66(83)70-59(121-79)24-27-120-126(110,127)124-71-69(103)60(45-119-125(109)123-70)122-80(71)97-43-56(82)65-73(97)86-47-88-77(65)106/h6-9,11-14,16-21,43,46-50,57,59-60,66-67,69-71,79-80,103,125H,10,15,22-42,44-45H2,1-5H3,(H,84,105)(H,90,107)(H,91,104)(H,92,100)(H,93,101)(H,110,127)(H,86,88,106)(H,85,87,94,99)/b19-18-/t50-,57-,59+,60+,66+,67-,69+,70+,71+,79+,80+,126+/m0/s1. The third kappa shape index (κ3) is 28.0. The van der Waals surface area contributed by atoms with Crippen LogP contribution in [0.4, 0.5) is 30.8 Å². The number of hydrogen-bond donors (Lipinski definition) is 9. The van der Waals surface area contributed by atoms with Gasteiger partial charge in [-0.05, 0) is 59.7 Å². The number of carbonyl (C=O) groups excluding carboxylic acids is 8. The first-order valence-electron chi connectivity index (χ1n) is 41.1. The number of rotatable bonds is 43. The molecule has 8 heterocycles. The predicted molar refractivity (Wildman–Crippen MR) is 455 cm³/mol. The van der Waals surface area contributed by atoms with Gasteiger partial charge in [-0.15, -0.1) is 0 Å². The lowest BCUT2D eigenvalue weighted by molar-refractivity contribution is -0.134. The fourth-order valence-electron chi connectivity index (χ4n) is 13.8. The molecule has 0 spiro atoms. The molecule has 4 aliphatic heterocycles. The van der Waals surface area contributed by atoms with E-state index in [4.69, 9.17) is 65.5 Å². The number of aliphatic hydroxyl groups is 1. The van der Waals surface area contributed by atoms with Gasteiger partial charge >= 0.3 is 21.1 Å². The van der Waals surface area contributed by atoms with E-state index in [0.717, 1.165) is 40.1 Å². The first-order chi connectivity index (χ1) is 61.2. The second-order valence-corrected chi connectivity index (χ2v) is 33.8. The molecule has 1 unspecified atom stereocenters. The van der Waals surface area contributed by atoms with Crippen LogP contribution in [0.2, 0.25) is 0 Å². The van der Waals surface area contributed by atoms with Crippen molar-refractivity contribution in [2.75, 3.05) is 142 Å². The molecule has 3 aromatic carbocycles. The number of H-pyrrole nitrogens is 1. The Labute approximate surface area is 733 Å². The predicted octanol–water partition coefficient (Wildman–Crippen LogP) is 5.64. The number of carbonyl (C=O) groups is 8. The summed E-state index contributed by atoms with van der Waals surface area (Å²) in [6.45, 7) is 3.82. The molecule has 3 saturated heterocycles. The number of methoxy groups -OCH3 is 1. The quantitative estimate of drug-likeness (QED) is 0.0127. The van der Waals surface area contributed by atoms with Crippen molar-refractivity contribution >= 4 is 126 Å². The van der Waals surface area contributed by atoms with Crippen molar-refractivity contribution in [3.05, 3.63) is 136 Å². The van der Waals surface area contributed by atoms with Crippen molar-refractivity contribution < 1.29 is 127 Å². The second-order valence-electron chi connectivity index (χ2n) is 29.9. The minimum absolute atomic E-state index is 0.00431. The molecule has 690 valence electrons. The Balaban J connectivity index is 0.599. The average molecular weight is 1840 g/mol. The molecule has 0 aliphatic carbocycles. The van der Waals surface area contributed by atoms with E-state index in [9.17, 15) is 57.4 Å². The van der Waals surface area contributed by atoms with Gasteiger partial charge in [0, 0.05) is 64.8 Å². The Kier molecular flexibility index (Phi) is 37.3. The van der Waals surface area contributed by atoms with Gasteiger partial charge in [-0.25, -0.2) is 38.1 Å². The molecule has 13 atom stereocenters. The Bertz CT molecular complexity index is 5060. The highest BCUT2D eigenvalue weighted by molar-refractivity contribution is 8.44. The number of imidazole rings is 1. The van der Waals surface area contributed by atoms with Gasteiger partial charge in [-0.3, -0.25) is 52.0 Å². The number of amides is 8. The summed E-state index contributed by atoms with van der Waals surface area (Å²) in [5, 5.41) is 26.9. The lowest BCUT2D eigenvalue weighted by atomic mass is 10.0. The molecule has 8 N–H and O–H groups in total. The van der Waals surface area contributed by atoms with Crippen molar-refractivity contribution in [3.8, 4) is 0 Å². The van der Waals surface area contributed by atoms with E-state index in [-0.39, 0.29) is 107 Å². The molecule has 0 saturated carbocycles. The molecular weight excluding hydrogens is 1730 g/mol. The molecule has 127 heavy (non-hydrogen) atoms. The van der Waals surface area contributed by atoms with E-state index >= 15 is 8.78 Å². The fraction of sp³-hybridized carbons (Fsp3) is 0.519. The topological polar surface area (TPSA) is 493 Å². The van der Waals surface area contributed by atoms with Gasteiger partial charge in [0.25, 0.3) is 5.56 Å². The maximum Gasteiger partial charge on any atom is 0.409 e. The van der Waals surface area contributed by atoms with Crippen molar-refractivity contribution in [2.24, 2.45) is 5.92 Å². The summed E-state index contributed by atoms with van der Waals surface area (Å²) in [5.41, 5.74) is 3.10. The number of aromatic nitrogens is 7. The number of aromatic amines is 1. The molecule has 46 heteroatoms. The minimum atomic E-state index is -4.47. The van der Waals surface area contributed by atoms with Gasteiger partial charge < -0.3 is 117 Å². The molecular formula is C81H105F2N15O26P2S. The lowest BCUT2D eigenvalue weighted by Gasteiger charge is -2.27. The summed E-state index contributed by atoms with van der Waals surface area (Å²) in [6, 6.07) is 17.5. The Morgan fingerprint density at radius 2 is 1.39 bits per heavy atom. The number of nitrogens with zero attached hydrogens (tertiary/aromatic N) is 8. The molecule has 8 amide bonds. The molecule has 4 aliphatic rings. The van der Waals surface area contributed by atoms with Crippen molar-refractivity contribution in [1.29, 1.82) is 0 Å². The number of aliphatic hydroxyl groups excluding tert-OH is 1. The zero-order valence-corrected chi connectivity index (χ0v) is 73.2. The van der Waals surface area contributed by atoms with Crippen LogP contribution in [0.5, 0.6) is 0 Å². The number of alkyl halides is 1. The third-order valence-electron chi connectivity index (χ3n) is 20.4. The number of fused-ring (bicyclic) bond motifs is 7. The smallest absolute Gasteiger partial charge is 0.409 e. The summed E-state index contributed by atoms with van der Waals surface area (Å²) in [6.07, 6.45) is -6.98. The van der Waals surface area contributed by atoms with Crippen LogP contribution in [-0.4, -0.2) is 273 Å². The van der Waals surface area contributed by atoms with Gasteiger partial charge in [0.1, 0.15) is 60.9 Å². The van der Waals surface area contributed by atoms with E-state index in [0.29, 0.717) is 83.0 Å². The largest absolute Gasteiger partial charge is 0.445 e. The number of thiol groups is 1. The molecule has 11 rings (SSSR count). The van der Waals surface area contributed by atoms with E-state index in [1.807, 2.05) is 60.7 Å². The van der Waals surface area contributed by atoms with Crippen LogP contribution < -0.4 is 42.4 Å². The molecule has 41 nitrogen and oxygen atoms in total. The van der Waals surface area contributed by atoms with Crippen LogP contribution in [0.25, 0.3) is 34.3 Å². The van der Waals surface area contributed by atoms with Gasteiger partial charge in [-0.1, -0.05) is 92.8 Å². The molecule has 2 bridgehead atoms. The van der Waals surface area contributed by atoms with E-state index in [1.165, 1.54) is 29.8 Å². The summed E-state index contributed by atoms with van der Waals surface area (Å²) in [5.74, 6) is -6.09. The number of hydrogen-bond acceptors (Lipinski definition) is 30. The van der Waals surface area contributed by atoms with E-state index < -0.39 is 166 Å². The van der Waals surface area contributed by atoms with Gasteiger partial charge in [0.15, 0.2) is 47.1 Å². The van der Waals surface area contributed by atoms with Crippen LogP contribution in [-0.2, 0) is 121 Å². The number of ether oxygens (including phenoxy) is 10. The number of para-hydroxylation sites is 1. The van der Waals surface area contributed by atoms with Crippen LogP contribution in [0.1, 0.15) is 94.0 Å². The third-order valence-corrected chi connectivity index (χ3v) is 22.9. The Morgan fingerprint density at radius 1 is 0.724 bits per heavy atom. The highest BCUT2D eigenvalue weighted by atomic mass is 32.7. The van der Waals surface area contributed by atoms with Crippen molar-refractivity contribution in [3.63, 3.8) is 0 Å². The summed E-state index contributed by atoms with van der Waals surface area (Å²) in [4.78, 5) is 144. The van der Waals surface area contributed by atoms with E-state index in [1.54, 1.807) is 50.1 Å². The number of anilines is 3. The van der Waals surface area contributed by atoms with Crippen LogP contribution in [0.3, 0.4) is 0 Å². The molecule has 7 aromatic rings. The first-order valence-corrected chi connectivity index (χ1v) is 45.0. The van der Waals surface area contributed by atoms with Crippen molar-refractivity contribution in [2.45, 2.75) is 140 Å². The van der Waals surface area contributed by atoms with Gasteiger partial charge in [-0.2, -0.15) is 0 Å². The number of nitrogens with one attached hydrogen (secondary N) is 7. The highest BCUT2D eigenvalue weighted by Gasteiger charge is 2.52. The average Bonchev–Trinajstić information content (AvgIpc) is 1.59. The number of benzene rings is 3. The number of halogens is 2. The summed E-state index contributed by atoms with van der Waals surface area (Å²) < 4.78 is 139. The summed E-state index contributed by atoms with van der Waals surface area (Å²) in [7, 11) is -0.567. The van der Waals surface area contributed by atoms with Crippen molar-refractivity contribution in [1.82, 2.24) is 60.2 Å². The normalized spacial score (nSPS) is 21.5. The summed E-state index contributed by atoms with van der Waals surface area (Å²) >= 11 is 4.09. The van der Waals surface area contributed by atoms with Crippen LogP contribution in [0.15, 0.2) is 103 Å². The van der Waals surface area contributed by atoms with Crippen LogP contribution >= 0.6 is 27.3 Å². The fourth-order valence-corrected chi connectivity index (χ4v) is 16.2. The highest BCUT2D eigenvalue weighted by Crippen LogP contribution is 2.57. The molecule has 4 aromatic heterocycles. The maximum absolute atomic E-state index is 16.8.